The molecular weight excluding hydrogens is 502 g/mol. The number of hydrogen-bond donors (Lipinski definition) is 1. The van der Waals surface area contributed by atoms with E-state index in [1.54, 1.807) is 12.3 Å². The van der Waals surface area contributed by atoms with Crippen molar-refractivity contribution in [3.63, 3.8) is 0 Å². The summed E-state index contributed by atoms with van der Waals surface area (Å²) in [5.74, 6) is -3.73. The van der Waals surface area contributed by atoms with E-state index in [-0.39, 0.29) is 34.2 Å². The van der Waals surface area contributed by atoms with Gasteiger partial charge in [-0.3, -0.25) is 14.4 Å². The van der Waals surface area contributed by atoms with Crippen LogP contribution in [0.3, 0.4) is 0 Å². The van der Waals surface area contributed by atoms with Crippen molar-refractivity contribution in [2.75, 3.05) is 18.5 Å². The number of carbonyl (C=O) groups is 5. The number of anilines is 1. The van der Waals surface area contributed by atoms with E-state index in [0.29, 0.717) is 5.56 Å². The van der Waals surface area contributed by atoms with Gasteiger partial charge in [0, 0.05) is 24.8 Å². The number of amides is 1. The molecule has 0 aliphatic rings. The van der Waals surface area contributed by atoms with Gasteiger partial charge in [0.2, 0.25) is 0 Å². The molecule has 11 heteroatoms. The van der Waals surface area contributed by atoms with E-state index in [0.717, 1.165) is 29.9 Å². The Balaban J connectivity index is 1.73. The third-order valence-corrected chi connectivity index (χ3v) is 5.52. The second-order valence-corrected chi connectivity index (χ2v) is 8.29. The SMILES string of the molecule is CCOC(=O)c1c(-c2ccccc2)csc1NC(=O)COC(=O)c1ccc(OC(C)=O)c(OC(C)=O)c1. The first-order chi connectivity index (χ1) is 17.7. The highest BCUT2D eigenvalue weighted by Crippen LogP contribution is 2.36. The molecule has 0 saturated heterocycles. The maximum atomic E-state index is 12.6. The molecule has 0 aliphatic heterocycles. The number of thiophene rings is 1. The molecule has 1 amide bonds. The van der Waals surface area contributed by atoms with Gasteiger partial charge in [0.15, 0.2) is 18.1 Å². The van der Waals surface area contributed by atoms with Crippen molar-refractivity contribution in [2.45, 2.75) is 20.8 Å². The molecule has 0 fully saturated rings. The van der Waals surface area contributed by atoms with Gasteiger partial charge in [-0.1, -0.05) is 30.3 Å². The Labute approximate surface area is 216 Å². The lowest BCUT2D eigenvalue weighted by atomic mass is 10.0. The standard InChI is InChI=1S/C26H23NO9S/c1-4-33-26(32)23-19(17-8-6-5-7-9-17)14-37-24(23)27-22(30)13-34-25(31)18-10-11-20(35-15(2)28)21(12-18)36-16(3)29/h5-12,14H,4,13H2,1-3H3,(H,27,30). The van der Waals surface area contributed by atoms with Crippen molar-refractivity contribution >= 4 is 46.1 Å². The maximum Gasteiger partial charge on any atom is 0.341 e. The van der Waals surface area contributed by atoms with Crippen LogP contribution in [0, 0.1) is 0 Å². The van der Waals surface area contributed by atoms with Gasteiger partial charge in [0.1, 0.15) is 10.6 Å². The summed E-state index contributed by atoms with van der Waals surface area (Å²) in [6.45, 7) is 3.48. The Morgan fingerprint density at radius 3 is 2.16 bits per heavy atom. The molecule has 3 aromatic rings. The predicted molar refractivity (Wildman–Crippen MR) is 134 cm³/mol. The number of nitrogens with one attached hydrogen (secondary N) is 1. The smallest absolute Gasteiger partial charge is 0.341 e. The van der Waals surface area contributed by atoms with Crippen LogP contribution in [0.1, 0.15) is 41.5 Å². The minimum atomic E-state index is -0.889. The summed E-state index contributed by atoms with van der Waals surface area (Å²) in [6, 6.07) is 12.9. The van der Waals surface area contributed by atoms with Crippen LogP contribution in [0.2, 0.25) is 0 Å². The number of hydrogen-bond acceptors (Lipinski definition) is 10. The van der Waals surface area contributed by atoms with Crippen molar-refractivity contribution in [1.82, 2.24) is 0 Å². The van der Waals surface area contributed by atoms with Gasteiger partial charge in [-0.25, -0.2) is 9.59 Å². The van der Waals surface area contributed by atoms with Crippen LogP contribution in [0.5, 0.6) is 11.5 Å². The normalized spacial score (nSPS) is 10.2. The summed E-state index contributed by atoms with van der Waals surface area (Å²) in [5, 5.41) is 4.57. The van der Waals surface area contributed by atoms with Crippen LogP contribution < -0.4 is 14.8 Å². The number of ether oxygens (including phenoxy) is 4. The van der Waals surface area contributed by atoms with Gasteiger partial charge in [-0.2, -0.15) is 0 Å². The fourth-order valence-corrected chi connectivity index (χ4v) is 4.15. The van der Waals surface area contributed by atoms with E-state index >= 15 is 0 Å². The molecule has 1 heterocycles. The minimum absolute atomic E-state index is 0.0466. The average molecular weight is 526 g/mol. The zero-order valence-corrected chi connectivity index (χ0v) is 21.0. The predicted octanol–water partition coefficient (Wildman–Crippen LogP) is 4.24. The van der Waals surface area contributed by atoms with Crippen LogP contribution in [0.25, 0.3) is 11.1 Å². The molecule has 37 heavy (non-hydrogen) atoms. The Bertz CT molecular complexity index is 1330. The lowest BCUT2D eigenvalue weighted by Crippen LogP contribution is -2.22. The first-order valence-electron chi connectivity index (χ1n) is 11.0. The summed E-state index contributed by atoms with van der Waals surface area (Å²) in [7, 11) is 0. The molecule has 0 unspecified atom stereocenters. The number of benzene rings is 2. The zero-order chi connectivity index (χ0) is 26.9. The second kappa shape index (κ2) is 12.5. The van der Waals surface area contributed by atoms with Crippen LogP contribution in [-0.2, 0) is 23.9 Å². The Morgan fingerprint density at radius 2 is 1.51 bits per heavy atom. The molecule has 2 aromatic carbocycles. The topological polar surface area (TPSA) is 134 Å². The van der Waals surface area contributed by atoms with Crippen LogP contribution in [0.15, 0.2) is 53.9 Å². The quantitative estimate of drug-likeness (QED) is 0.321. The highest BCUT2D eigenvalue weighted by atomic mass is 32.1. The second-order valence-electron chi connectivity index (χ2n) is 7.41. The van der Waals surface area contributed by atoms with Crippen LogP contribution in [-0.4, -0.2) is 43.0 Å². The lowest BCUT2D eigenvalue weighted by molar-refractivity contribution is -0.134. The fraction of sp³-hybridized carbons (Fsp3) is 0.192. The summed E-state index contributed by atoms with van der Waals surface area (Å²) in [6.07, 6.45) is 0. The zero-order valence-electron chi connectivity index (χ0n) is 20.2. The largest absolute Gasteiger partial charge is 0.462 e. The van der Waals surface area contributed by atoms with Crippen LogP contribution in [0.4, 0.5) is 5.00 Å². The first kappa shape index (κ1) is 27.1. The molecule has 1 N–H and O–H groups in total. The van der Waals surface area contributed by atoms with Gasteiger partial charge in [-0.15, -0.1) is 11.3 Å². The Morgan fingerprint density at radius 1 is 0.838 bits per heavy atom. The van der Waals surface area contributed by atoms with E-state index in [9.17, 15) is 24.0 Å². The molecule has 0 saturated carbocycles. The van der Waals surface area contributed by atoms with Gasteiger partial charge in [0.25, 0.3) is 5.91 Å². The van der Waals surface area contributed by atoms with Crippen molar-refractivity contribution in [3.8, 4) is 22.6 Å². The molecule has 0 aliphatic carbocycles. The molecule has 0 bridgehead atoms. The van der Waals surface area contributed by atoms with Gasteiger partial charge >= 0.3 is 23.9 Å². The molecule has 0 radical (unpaired) electrons. The third-order valence-electron chi connectivity index (χ3n) is 4.63. The Kier molecular flexibility index (Phi) is 9.11. The number of carbonyl (C=O) groups excluding carboxylic acids is 5. The molecule has 3 rings (SSSR count). The first-order valence-corrected chi connectivity index (χ1v) is 11.9. The molecule has 0 spiro atoms. The van der Waals surface area contributed by atoms with Gasteiger partial charge < -0.3 is 24.3 Å². The third kappa shape index (κ3) is 7.24. The number of esters is 4. The number of rotatable bonds is 9. The highest BCUT2D eigenvalue weighted by molar-refractivity contribution is 7.15. The van der Waals surface area contributed by atoms with E-state index in [4.69, 9.17) is 18.9 Å². The van der Waals surface area contributed by atoms with Crippen molar-refractivity contribution in [2.24, 2.45) is 0 Å². The van der Waals surface area contributed by atoms with Gasteiger partial charge in [-0.05, 0) is 30.7 Å². The van der Waals surface area contributed by atoms with Crippen molar-refractivity contribution in [1.29, 1.82) is 0 Å². The highest BCUT2D eigenvalue weighted by Gasteiger charge is 2.23. The fourth-order valence-electron chi connectivity index (χ4n) is 3.17. The molecule has 10 nitrogen and oxygen atoms in total. The monoisotopic (exact) mass is 525 g/mol. The summed E-state index contributed by atoms with van der Waals surface area (Å²) < 4.78 is 20.2. The van der Waals surface area contributed by atoms with Crippen LogP contribution >= 0.6 is 11.3 Å². The molecule has 1 aromatic heterocycles. The minimum Gasteiger partial charge on any atom is -0.462 e. The lowest BCUT2D eigenvalue weighted by Gasteiger charge is -2.11. The van der Waals surface area contributed by atoms with E-state index in [1.165, 1.54) is 19.1 Å². The summed E-state index contributed by atoms with van der Waals surface area (Å²) in [5.41, 5.74) is 1.52. The van der Waals surface area contributed by atoms with E-state index < -0.39 is 36.4 Å². The van der Waals surface area contributed by atoms with Crippen molar-refractivity contribution in [3.05, 3.63) is 65.0 Å². The van der Waals surface area contributed by atoms with E-state index in [1.807, 2.05) is 30.3 Å². The summed E-state index contributed by atoms with van der Waals surface area (Å²) >= 11 is 1.14. The molecular formula is C26H23NO9S. The summed E-state index contributed by atoms with van der Waals surface area (Å²) in [4.78, 5) is 60.3. The average Bonchev–Trinajstić information content (AvgIpc) is 3.27. The van der Waals surface area contributed by atoms with E-state index in [2.05, 4.69) is 5.32 Å². The van der Waals surface area contributed by atoms with Crippen molar-refractivity contribution < 1.29 is 42.9 Å². The van der Waals surface area contributed by atoms with Gasteiger partial charge in [0.05, 0.1) is 12.2 Å². The molecule has 0 atom stereocenters. The maximum absolute atomic E-state index is 12.6. The molecule has 192 valence electrons. The Hall–Kier alpha value is -4.51.